The van der Waals surface area contributed by atoms with Crippen LogP contribution < -0.4 is 5.32 Å². The Morgan fingerprint density at radius 3 is 2.54 bits per heavy atom. The van der Waals surface area contributed by atoms with Crippen LogP contribution in [0.25, 0.3) is 0 Å². The quantitative estimate of drug-likeness (QED) is 0.538. The van der Waals surface area contributed by atoms with Gasteiger partial charge in [-0.2, -0.15) is 0 Å². The van der Waals surface area contributed by atoms with Gasteiger partial charge in [0.05, 0.1) is 6.42 Å². The third-order valence-corrected chi connectivity index (χ3v) is 1.60. The minimum absolute atomic E-state index is 0.111. The molecule has 0 bridgehead atoms. The predicted molar refractivity (Wildman–Crippen MR) is 47.3 cm³/mol. The Morgan fingerprint density at radius 1 is 1.38 bits per heavy atom. The third kappa shape index (κ3) is 2.66. The van der Waals surface area contributed by atoms with E-state index >= 15 is 0 Å². The first-order valence-electron chi connectivity index (χ1n) is 3.88. The van der Waals surface area contributed by atoms with Gasteiger partial charge in [-0.05, 0) is 12.1 Å². The van der Waals surface area contributed by atoms with Crippen molar-refractivity contribution in [2.75, 3.05) is 7.05 Å². The summed E-state index contributed by atoms with van der Waals surface area (Å²) in [6.45, 7) is 0. The number of carbonyl (C=O) groups excluding carboxylic acids is 2. The van der Waals surface area contributed by atoms with E-state index in [0.717, 1.165) is 0 Å². The lowest BCUT2D eigenvalue weighted by Crippen LogP contribution is -2.21. The molecule has 0 aliphatic carbocycles. The van der Waals surface area contributed by atoms with Gasteiger partial charge >= 0.3 is 0 Å². The maximum absolute atomic E-state index is 11.3. The zero-order valence-corrected chi connectivity index (χ0v) is 7.28. The van der Waals surface area contributed by atoms with Crippen LogP contribution in [0.2, 0.25) is 0 Å². The molecule has 1 heterocycles. The standard InChI is InChI=1S/C9H10N2O2/c1-10-9(13)6-8(12)7-2-4-11-5-3-7/h2-5H,6H2,1H3,(H,10,13). The van der Waals surface area contributed by atoms with Crippen LogP contribution >= 0.6 is 0 Å². The number of Topliss-reactive ketones (excluding diaryl/α,β-unsaturated/α-hetero) is 1. The molecule has 13 heavy (non-hydrogen) atoms. The maximum atomic E-state index is 11.3. The van der Waals surface area contributed by atoms with E-state index < -0.39 is 0 Å². The molecule has 0 saturated carbocycles. The van der Waals surface area contributed by atoms with Crippen LogP contribution in [0.3, 0.4) is 0 Å². The van der Waals surface area contributed by atoms with E-state index in [2.05, 4.69) is 10.3 Å². The summed E-state index contributed by atoms with van der Waals surface area (Å²) in [4.78, 5) is 25.9. The van der Waals surface area contributed by atoms with E-state index in [0.29, 0.717) is 5.56 Å². The molecule has 4 heteroatoms. The molecule has 0 aromatic carbocycles. The van der Waals surface area contributed by atoms with Gasteiger partial charge in [0.25, 0.3) is 0 Å². The summed E-state index contributed by atoms with van der Waals surface area (Å²) < 4.78 is 0. The SMILES string of the molecule is CNC(=O)CC(=O)c1ccncc1. The number of pyridine rings is 1. The Bertz CT molecular complexity index is 309. The van der Waals surface area contributed by atoms with Gasteiger partial charge in [-0.25, -0.2) is 0 Å². The van der Waals surface area contributed by atoms with E-state index in [1.807, 2.05) is 0 Å². The average molecular weight is 178 g/mol. The lowest BCUT2D eigenvalue weighted by molar-refractivity contribution is -0.119. The minimum Gasteiger partial charge on any atom is -0.359 e. The van der Waals surface area contributed by atoms with Crippen LogP contribution in [0.1, 0.15) is 16.8 Å². The van der Waals surface area contributed by atoms with E-state index in [1.54, 1.807) is 12.1 Å². The molecule has 0 fully saturated rings. The molecule has 0 aliphatic rings. The highest BCUT2D eigenvalue weighted by Crippen LogP contribution is 2.00. The second-order valence-electron chi connectivity index (χ2n) is 2.51. The van der Waals surface area contributed by atoms with Crippen molar-refractivity contribution >= 4 is 11.7 Å². The van der Waals surface area contributed by atoms with Crippen LogP contribution in [0, 0.1) is 0 Å². The number of amides is 1. The van der Waals surface area contributed by atoms with Crippen LogP contribution in [0.15, 0.2) is 24.5 Å². The van der Waals surface area contributed by atoms with Gasteiger partial charge in [-0.3, -0.25) is 14.6 Å². The number of rotatable bonds is 3. The van der Waals surface area contributed by atoms with Crippen LogP contribution in [0.4, 0.5) is 0 Å². The molecule has 1 rings (SSSR count). The Balaban J connectivity index is 2.65. The molecule has 0 atom stereocenters. The normalized spacial score (nSPS) is 9.31. The lowest BCUT2D eigenvalue weighted by atomic mass is 10.1. The molecular weight excluding hydrogens is 168 g/mol. The molecule has 0 unspecified atom stereocenters. The minimum atomic E-state index is -0.276. The first-order valence-corrected chi connectivity index (χ1v) is 3.88. The number of carbonyl (C=O) groups is 2. The van der Waals surface area contributed by atoms with Crippen molar-refractivity contribution in [3.8, 4) is 0 Å². The van der Waals surface area contributed by atoms with Crippen LogP contribution in [0.5, 0.6) is 0 Å². The monoisotopic (exact) mass is 178 g/mol. The summed E-state index contributed by atoms with van der Waals surface area (Å²) >= 11 is 0. The fraction of sp³-hybridized carbons (Fsp3) is 0.222. The zero-order valence-electron chi connectivity index (χ0n) is 7.28. The number of hydrogen-bond acceptors (Lipinski definition) is 3. The molecule has 4 nitrogen and oxygen atoms in total. The largest absolute Gasteiger partial charge is 0.359 e. The Morgan fingerprint density at radius 2 is 2.00 bits per heavy atom. The Kier molecular flexibility index (Phi) is 3.14. The fourth-order valence-corrected chi connectivity index (χ4v) is 0.874. The third-order valence-electron chi connectivity index (χ3n) is 1.60. The van der Waals surface area contributed by atoms with Gasteiger partial charge in [-0.15, -0.1) is 0 Å². The average Bonchev–Trinajstić information content (AvgIpc) is 2.19. The van der Waals surface area contributed by atoms with Gasteiger partial charge in [0.15, 0.2) is 5.78 Å². The van der Waals surface area contributed by atoms with Gasteiger partial charge in [0.1, 0.15) is 0 Å². The summed E-state index contributed by atoms with van der Waals surface area (Å²) in [5.41, 5.74) is 0.513. The maximum Gasteiger partial charge on any atom is 0.227 e. The fourth-order valence-electron chi connectivity index (χ4n) is 0.874. The molecule has 1 aromatic heterocycles. The van der Waals surface area contributed by atoms with Crippen molar-refractivity contribution in [2.45, 2.75) is 6.42 Å². The molecule has 0 spiro atoms. The molecule has 0 aliphatic heterocycles. The Labute approximate surface area is 76.0 Å². The topological polar surface area (TPSA) is 59.1 Å². The first kappa shape index (κ1) is 9.38. The summed E-state index contributed by atoms with van der Waals surface area (Å²) in [6.07, 6.45) is 2.94. The van der Waals surface area contributed by atoms with Crippen molar-refractivity contribution in [1.29, 1.82) is 0 Å². The highest BCUT2D eigenvalue weighted by Gasteiger charge is 2.09. The van der Waals surface area contributed by atoms with Gasteiger partial charge in [0.2, 0.25) is 5.91 Å². The van der Waals surface area contributed by atoms with Gasteiger partial charge in [0, 0.05) is 25.0 Å². The number of nitrogens with zero attached hydrogens (tertiary/aromatic N) is 1. The van der Waals surface area contributed by atoms with Gasteiger partial charge < -0.3 is 5.32 Å². The van der Waals surface area contributed by atoms with Crippen molar-refractivity contribution in [2.24, 2.45) is 0 Å². The van der Waals surface area contributed by atoms with Crippen molar-refractivity contribution in [3.05, 3.63) is 30.1 Å². The number of nitrogens with one attached hydrogen (secondary N) is 1. The predicted octanol–water partition coefficient (Wildman–Crippen LogP) is 0.400. The zero-order chi connectivity index (χ0) is 9.68. The van der Waals surface area contributed by atoms with E-state index in [1.165, 1.54) is 19.4 Å². The molecule has 1 aromatic rings. The summed E-state index contributed by atoms with van der Waals surface area (Å²) in [5.74, 6) is -0.469. The number of ketones is 1. The Hall–Kier alpha value is -1.71. The van der Waals surface area contributed by atoms with Crippen molar-refractivity contribution in [1.82, 2.24) is 10.3 Å². The first-order chi connectivity index (χ1) is 6.24. The van der Waals surface area contributed by atoms with Gasteiger partial charge in [-0.1, -0.05) is 0 Å². The summed E-state index contributed by atoms with van der Waals surface area (Å²) in [5, 5.41) is 2.39. The second kappa shape index (κ2) is 4.35. The second-order valence-corrected chi connectivity index (χ2v) is 2.51. The molecule has 1 N–H and O–H groups in total. The summed E-state index contributed by atoms with van der Waals surface area (Å²) in [6, 6.07) is 3.18. The summed E-state index contributed by atoms with van der Waals surface area (Å²) in [7, 11) is 1.50. The smallest absolute Gasteiger partial charge is 0.227 e. The molecule has 0 radical (unpaired) electrons. The highest BCUT2D eigenvalue weighted by molar-refractivity contribution is 6.07. The van der Waals surface area contributed by atoms with Crippen molar-refractivity contribution in [3.63, 3.8) is 0 Å². The number of aromatic nitrogens is 1. The molecule has 0 saturated heterocycles. The highest BCUT2D eigenvalue weighted by atomic mass is 16.2. The van der Waals surface area contributed by atoms with E-state index in [-0.39, 0.29) is 18.1 Å². The van der Waals surface area contributed by atoms with Crippen molar-refractivity contribution < 1.29 is 9.59 Å². The molecule has 1 amide bonds. The molecular formula is C9H10N2O2. The van der Waals surface area contributed by atoms with E-state index in [4.69, 9.17) is 0 Å². The van der Waals surface area contributed by atoms with E-state index in [9.17, 15) is 9.59 Å². The van der Waals surface area contributed by atoms with Crippen LogP contribution in [-0.2, 0) is 4.79 Å². The van der Waals surface area contributed by atoms with Crippen LogP contribution in [-0.4, -0.2) is 23.7 Å². The number of hydrogen-bond donors (Lipinski definition) is 1. The lowest BCUT2D eigenvalue weighted by Gasteiger charge is -1.98. The molecule has 68 valence electrons.